The first-order valence-corrected chi connectivity index (χ1v) is 9.31. The third-order valence-electron chi connectivity index (χ3n) is 4.95. The topological polar surface area (TPSA) is 70.4 Å². The monoisotopic (exact) mass is 355 g/mol. The van der Waals surface area contributed by atoms with Crippen LogP contribution in [0.25, 0.3) is 0 Å². The Hall–Kier alpha value is -2.41. The van der Waals surface area contributed by atoms with E-state index in [1.807, 2.05) is 4.57 Å². The predicted octanol–water partition coefficient (Wildman–Crippen LogP) is 1.63. The van der Waals surface area contributed by atoms with Crippen LogP contribution in [-0.4, -0.2) is 51.3 Å². The van der Waals surface area contributed by atoms with Crippen molar-refractivity contribution in [2.75, 3.05) is 13.6 Å². The smallest absolute Gasteiger partial charge is 0.191 e. The molecule has 1 aliphatic rings. The van der Waals surface area contributed by atoms with Gasteiger partial charge in [-0.3, -0.25) is 9.89 Å². The van der Waals surface area contributed by atoms with Gasteiger partial charge < -0.3 is 15.2 Å². The van der Waals surface area contributed by atoms with E-state index in [4.69, 9.17) is 0 Å². The molecule has 1 aromatic carbocycles. The number of nitrogens with zero attached hydrogens (tertiary/aromatic N) is 5. The van der Waals surface area contributed by atoms with E-state index in [-0.39, 0.29) is 0 Å². The van der Waals surface area contributed by atoms with Crippen LogP contribution in [0.15, 0.2) is 41.7 Å². The quantitative estimate of drug-likeness (QED) is 0.609. The summed E-state index contributed by atoms with van der Waals surface area (Å²) in [6.45, 7) is 7.87. The fourth-order valence-electron chi connectivity index (χ4n) is 3.47. The minimum Gasteiger partial charge on any atom is -0.352 e. The van der Waals surface area contributed by atoms with Crippen LogP contribution in [0.5, 0.6) is 0 Å². The molecule has 3 rings (SSSR count). The van der Waals surface area contributed by atoms with Crippen LogP contribution in [0.2, 0.25) is 0 Å². The van der Waals surface area contributed by atoms with Crippen LogP contribution in [0.3, 0.4) is 0 Å². The lowest BCUT2D eigenvalue weighted by Gasteiger charge is -2.21. The minimum atomic E-state index is 0.393. The molecule has 2 unspecified atom stereocenters. The Morgan fingerprint density at radius 1 is 1.31 bits per heavy atom. The molecule has 1 aromatic heterocycles. The first kappa shape index (κ1) is 18.4. The zero-order valence-corrected chi connectivity index (χ0v) is 15.9. The van der Waals surface area contributed by atoms with Crippen molar-refractivity contribution < 1.29 is 0 Å². The van der Waals surface area contributed by atoms with Crippen LogP contribution < -0.4 is 10.6 Å². The SMILES string of the molecule is CCn1cnnc1CNC(=NC)NC1CC(C)N(Cc2ccccc2)C1. The van der Waals surface area contributed by atoms with E-state index in [0.717, 1.165) is 37.8 Å². The number of aromatic nitrogens is 3. The fourth-order valence-corrected chi connectivity index (χ4v) is 3.47. The van der Waals surface area contributed by atoms with Gasteiger partial charge in [0.25, 0.3) is 0 Å². The van der Waals surface area contributed by atoms with Gasteiger partial charge in [0.15, 0.2) is 11.8 Å². The fraction of sp³-hybridized carbons (Fsp3) is 0.526. The molecule has 2 heterocycles. The summed E-state index contributed by atoms with van der Waals surface area (Å²) in [5, 5.41) is 15.0. The molecule has 0 bridgehead atoms. The second kappa shape index (κ2) is 8.80. The largest absolute Gasteiger partial charge is 0.352 e. The highest BCUT2D eigenvalue weighted by Gasteiger charge is 2.29. The normalized spacial score (nSPS) is 21.1. The molecular formula is C19H29N7. The Balaban J connectivity index is 1.51. The number of guanidine groups is 1. The molecule has 140 valence electrons. The molecule has 26 heavy (non-hydrogen) atoms. The Morgan fingerprint density at radius 2 is 2.12 bits per heavy atom. The maximum Gasteiger partial charge on any atom is 0.191 e. The molecule has 0 aliphatic carbocycles. The van der Waals surface area contributed by atoms with Crippen molar-refractivity contribution in [3.63, 3.8) is 0 Å². The molecule has 7 nitrogen and oxygen atoms in total. The lowest BCUT2D eigenvalue weighted by Crippen LogP contribution is -2.44. The molecule has 7 heteroatoms. The number of hydrogen-bond acceptors (Lipinski definition) is 4. The van der Waals surface area contributed by atoms with Gasteiger partial charge in [-0.05, 0) is 25.8 Å². The van der Waals surface area contributed by atoms with E-state index >= 15 is 0 Å². The van der Waals surface area contributed by atoms with Gasteiger partial charge in [-0.2, -0.15) is 0 Å². The van der Waals surface area contributed by atoms with E-state index in [1.54, 1.807) is 13.4 Å². The van der Waals surface area contributed by atoms with Crippen LogP contribution in [0.1, 0.15) is 31.7 Å². The number of nitrogens with one attached hydrogen (secondary N) is 2. The summed E-state index contributed by atoms with van der Waals surface area (Å²) >= 11 is 0. The molecule has 1 fully saturated rings. The van der Waals surface area contributed by atoms with E-state index in [1.165, 1.54) is 5.56 Å². The van der Waals surface area contributed by atoms with Crippen molar-refractivity contribution >= 4 is 5.96 Å². The average molecular weight is 355 g/mol. The summed E-state index contributed by atoms with van der Waals surface area (Å²) in [5.41, 5.74) is 1.36. The number of benzene rings is 1. The number of hydrogen-bond donors (Lipinski definition) is 2. The Bertz CT molecular complexity index is 710. The standard InChI is InChI=1S/C19H29N7/c1-4-25-14-22-24-18(25)11-21-19(20-3)23-17-10-15(2)26(13-17)12-16-8-6-5-7-9-16/h5-9,14-15,17H,4,10-13H2,1-3H3,(H2,20,21,23). The van der Waals surface area contributed by atoms with Gasteiger partial charge in [0, 0.05) is 38.8 Å². The molecule has 0 spiro atoms. The predicted molar refractivity (Wildman–Crippen MR) is 104 cm³/mol. The molecule has 2 atom stereocenters. The Labute approximate surface area is 155 Å². The van der Waals surface area contributed by atoms with Gasteiger partial charge in [-0.1, -0.05) is 30.3 Å². The molecular weight excluding hydrogens is 326 g/mol. The number of rotatable bonds is 6. The first-order valence-electron chi connectivity index (χ1n) is 9.31. The third-order valence-corrected chi connectivity index (χ3v) is 4.95. The molecule has 1 saturated heterocycles. The summed E-state index contributed by atoms with van der Waals surface area (Å²) in [6, 6.07) is 11.6. The number of aliphatic imine (C=N–C) groups is 1. The van der Waals surface area contributed by atoms with Crippen molar-refractivity contribution in [1.29, 1.82) is 0 Å². The minimum absolute atomic E-state index is 0.393. The number of aryl methyl sites for hydroxylation is 1. The number of likely N-dealkylation sites (tertiary alicyclic amines) is 1. The third kappa shape index (κ3) is 4.60. The van der Waals surface area contributed by atoms with Crippen LogP contribution in [0, 0.1) is 0 Å². The Kier molecular flexibility index (Phi) is 6.22. The molecule has 0 saturated carbocycles. The van der Waals surface area contributed by atoms with Gasteiger partial charge in [0.05, 0.1) is 6.54 Å². The van der Waals surface area contributed by atoms with E-state index in [2.05, 4.69) is 74.9 Å². The molecule has 2 aromatic rings. The first-order chi connectivity index (χ1) is 12.7. The van der Waals surface area contributed by atoms with Gasteiger partial charge in [-0.25, -0.2) is 0 Å². The lowest BCUT2D eigenvalue weighted by atomic mass is 10.2. The van der Waals surface area contributed by atoms with Gasteiger partial charge in [-0.15, -0.1) is 10.2 Å². The van der Waals surface area contributed by atoms with Crippen molar-refractivity contribution in [3.8, 4) is 0 Å². The second-order valence-corrected chi connectivity index (χ2v) is 6.80. The van der Waals surface area contributed by atoms with E-state index in [0.29, 0.717) is 18.6 Å². The van der Waals surface area contributed by atoms with Crippen LogP contribution >= 0.6 is 0 Å². The van der Waals surface area contributed by atoms with Gasteiger partial charge >= 0.3 is 0 Å². The molecule has 0 radical (unpaired) electrons. The maximum absolute atomic E-state index is 4.36. The molecule has 2 N–H and O–H groups in total. The maximum atomic E-state index is 4.36. The summed E-state index contributed by atoms with van der Waals surface area (Å²) < 4.78 is 2.03. The van der Waals surface area contributed by atoms with Crippen molar-refractivity contribution in [2.24, 2.45) is 4.99 Å². The second-order valence-electron chi connectivity index (χ2n) is 6.80. The highest BCUT2D eigenvalue weighted by molar-refractivity contribution is 5.79. The summed E-state index contributed by atoms with van der Waals surface area (Å²) in [5.74, 6) is 1.73. The van der Waals surface area contributed by atoms with E-state index < -0.39 is 0 Å². The Morgan fingerprint density at radius 3 is 2.85 bits per heavy atom. The van der Waals surface area contributed by atoms with E-state index in [9.17, 15) is 0 Å². The van der Waals surface area contributed by atoms with Crippen LogP contribution in [0.4, 0.5) is 0 Å². The zero-order valence-electron chi connectivity index (χ0n) is 15.9. The zero-order chi connectivity index (χ0) is 18.4. The van der Waals surface area contributed by atoms with Gasteiger partial charge in [0.1, 0.15) is 6.33 Å². The highest BCUT2D eigenvalue weighted by Crippen LogP contribution is 2.20. The highest BCUT2D eigenvalue weighted by atomic mass is 15.3. The van der Waals surface area contributed by atoms with Crippen molar-refractivity contribution in [3.05, 3.63) is 48.0 Å². The van der Waals surface area contributed by atoms with Crippen molar-refractivity contribution in [1.82, 2.24) is 30.3 Å². The van der Waals surface area contributed by atoms with Crippen molar-refractivity contribution in [2.45, 2.75) is 52.0 Å². The lowest BCUT2D eigenvalue weighted by molar-refractivity contribution is 0.258. The average Bonchev–Trinajstić information content (AvgIpc) is 3.25. The summed E-state index contributed by atoms with van der Waals surface area (Å²) in [7, 11) is 1.81. The van der Waals surface area contributed by atoms with Crippen LogP contribution in [-0.2, 0) is 19.6 Å². The van der Waals surface area contributed by atoms with Gasteiger partial charge in [0.2, 0.25) is 0 Å². The summed E-state index contributed by atoms with van der Waals surface area (Å²) in [6.07, 6.45) is 2.87. The molecule has 0 amide bonds. The summed E-state index contributed by atoms with van der Waals surface area (Å²) in [4.78, 5) is 6.88. The molecule has 1 aliphatic heterocycles.